The van der Waals surface area contributed by atoms with Gasteiger partial charge in [-0.1, -0.05) is 0 Å². The summed E-state index contributed by atoms with van der Waals surface area (Å²) in [4.78, 5) is 11.0. The number of hydrogen-bond acceptors (Lipinski definition) is 2. The van der Waals surface area contributed by atoms with Gasteiger partial charge in [0.15, 0.2) is 0 Å². The van der Waals surface area contributed by atoms with Gasteiger partial charge in [-0.3, -0.25) is 0 Å². The lowest BCUT2D eigenvalue weighted by molar-refractivity contribution is 0.386. The number of nitrogens with two attached hydrogens (primary N) is 1. The van der Waals surface area contributed by atoms with Crippen LogP contribution in [-0.4, -0.2) is 21.0 Å². The highest BCUT2D eigenvalue weighted by atomic mass is 14.9. The molecule has 4 nitrogen and oxygen atoms in total. The van der Waals surface area contributed by atoms with Gasteiger partial charge in [-0.15, -0.1) is 0 Å². The average molecular weight is 230 g/mol. The van der Waals surface area contributed by atoms with Gasteiger partial charge in [0.2, 0.25) is 0 Å². The molecule has 1 saturated carbocycles. The largest absolute Gasteiger partial charge is 0.367 e. The smallest absolute Gasteiger partial charge is 0.109 e. The van der Waals surface area contributed by atoms with E-state index < -0.39 is 0 Å². The number of aromatic amines is 2. The van der Waals surface area contributed by atoms with Gasteiger partial charge < -0.3 is 15.7 Å². The number of nitrogens with zero attached hydrogens (tertiary/aromatic N) is 1. The highest BCUT2D eigenvalue weighted by Gasteiger charge is 2.22. The van der Waals surface area contributed by atoms with E-state index in [1.54, 1.807) is 0 Å². The summed E-state index contributed by atoms with van der Waals surface area (Å²) in [5.74, 6) is 1.68. The molecule has 0 radical (unpaired) electrons. The van der Waals surface area contributed by atoms with Crippen molar-refractivity contribution in [2.75, 3.05) is 0 Å². The van der Waals surface area contributed by atoms with Crippen LogP contribution in [0.3, 0.4) is 0 Å². The molecule has 0 amide bonds. The molecule has 3 rings (SSSR count). The summed E-state index contributed by atoms with van der Waals surface area (Å²) in [5.41, 5.74) is 8.18. The van der Waals surface area contributed by atoms with E-state index in [-0.39, 0.29) is 0 Å². The lowest BCUT2D eigenvalue weighted by Gasteiger charge is -2.24. The molecule has 1 aliphatic rings. The number of rotatable bonds is 2. The second-order valence-electron chi connectivity index (χ2n) is 4.89. The van der Waals surface area contributed by atoms with Crippen LogP contribution in [0.4, 0.5) is 0 Å². The monoisotopic (exact) mass is 230 g/mol. The molecule has 1 fully saturated rings. The Morgan fingerprint density at radius 1 is 1.24 bits per heavy atom. The molecule has 0 spiro atoms. The van der Waals surface area contributed by atoms with E-state index in [4.69, 9.17) is 5.73 Å². The lowest BCUT2D eigenvalue weighted by Crippen LogP contribution is -2.26. The molecule has 17 heavy (non-hydrogen) atoms. The summed E-state index contributed by atoms with van der Waals surface area (Å²) in [6.45, 7) is 0. The zero-order valence-electron chi connectivity index (χ0n) is 9.82. The Labute approximate surface area is 101 Å². The predicted octanol–water partition coefficient (Wildman–Crippen LogP) is 2.39. The Hall–Kier alpha value is -1.55. The molecule has 4 N–H and O–H groups in total. The van der Waals surface area contributed by atoms with Crippen molar-refractivity contribution in [2.45, 2.75) is 37.6 Å². The van der Waals surface area contributed by atoms with E-state index in [0.717, 1.165) is 42.8 Å². The van der Waals surface area contributed by atoms with Crippen molar-refractivity contribution in [2.24, 2.45) is 5.73 Å². The average Bonchev–Trinajstić information content (AvgIpc) is 3.00. The molecule has 1 aliphatic carbocycles. The molecule has 0 aliphatic heterocycles. The first-order valence-corrected chi connectivity index (χ1v) is 6.26. The normalized spacial score (nSPS) is 25.0. The van der Waals surface area contributed by atoms with Crippen LogP contribution in [0, 0.1) is 0 Å². The SMILES string of the molecule is NC1CCC(c2ncc(-c3cc[nH]c3)[nH]2)CC1. The standard InChI is InChI=1S/C13H18N4/c14-11-3-1-9(2-4-11)13-16-8-12(17-13)10-5-6-15-7-10/h5-9,11,15H,1-4,14H2,(H,16,17). The van der Waals surface area contributed by atoms with E-state index in [1.807, 2.05) is 24.7 Å². The molecular weight excluding hydrogens is 212 g/mol. The quantitative estimate of drug-likeness (QED) is 0.741. The third-order valence-corrected chi connectivity index (χ3v) is 3.66. The maximum atomic E-state index is 5.92. The second-order valence-corrected chi connectivity index (χ2v) is 4.89. The summed E-state index contributed by atoms with van der Waals surface area (Å²) in [6.07, 6.45) is 10.4. The second kappa shape index (κ2) is 4.37. The van der Waals surface area contributed by atoms with E-state index >= 15 is 0 Å². The Bertz CT molecular complexity index is 463. The highest BCUT2D eigenvalue weighted by Crippen LogP contribution is 2.31. The predicted molar refractivity (Wildman–Crippen MR) is 67.6 cm³/mol. The van der Waals surface area contributed by atoms with Crippen LogP contribution in [0.25, 0.3) is 11.3 Å². The first-order valence-electron chi connectivity index (χ1n) is 6.26. The molecule has 2 heterocycles. The maximum absolute atomic E-state index is 5.92. The number of nitrogens with one attached hydrogen (secondary N) is 2. The summed E-state index contributed by atoms with van der Waals surface area (Å²) < 4.78 is 0. The van der Waals surface area contributed by atoms with Crippen LogP contribution in [0.15, 0.2) is 24.7 Å². The minimum Gasteiger partial charge on any atom is -0.367 e. The van der Waals surface area contributed by atoms with Gasteiger partial charge in [-0.2, -0.15) is 0 Å². The first kappa shape index (κ1) is 10.6. The Morgan fingerprint density at radius 2 is 2.06 bits per heavy atom. The van der Waals surface area contributed by atoms with E-state index in [2.05, 4.69) is 15.0 Å². The topological polar surface area (TPSA) is 70.5 Å². The van der Waals surface area contributed by atoms with Gasteiger partial charge in [0.25, 0.3) is 0 Å². The van der Waals surface area contributed by atoms with E-state index in [1.165, 1.54) is 0 Å². The van der Waals surface area contributed by atoms with Crippen molar-refractivity contribution >= 4 is 0 Å². The highest BCUT2D eigenvalue weighted by molar-refractivity contribution is 5.57. The molecule has 0 atom stereocenters. The van der Waals surface area contributed by atoms with Crippen LogP contribution in [-0.2, 0) is 0 Å². The Morgan fingerprint density at radius 3 is 2.76 bits per heavy atom. The third kappa shape index (κ3) is 2.13. The Balaban J connectivity index is 1.76. The van der Waals surface area contributed by atoms with E-state index in [0.29, 0.717) is 12.0 Å². The van der Waals surface area contributed by atoms with Crippen LogP contribution in [0.2, 0.25) is 0 Å². The van der Waals surface area contributed by atoms with Crippen LogP contribution < -0.4 is 5.73 Å². The van der Waals surface area contributed by atoms with Gasteiger partial charge >= 0.3 is 0 Å². The molecule has 0 saturated heterocycles. The van der Waals surface area contributed by atoms with Crippen molar-refractivity contribution < 1.29 is 0 Å². The minimum absolute atomic E-state index is 0.394. The fourth-order valence-corrected chi connectivity index (χ4v) is 2.57. The number of imidazole rings is 1. The molecule has 4 heteroatoms. The number of hydrogen-bond donors (Lipinski definition) is 3. The van der Waals surface area contributed by atoms with Gasteiger partial charge in [-0.25, -0.2) is 4.98 Å². The van der Waals surface area contributed by atoms with Crippen molar-refractivity contribution in [3.05, 3.63) is 30.5 Å². The van der Waals surface area contributed by atoms with Crippen molar-refractivity contribution in [1.82, 2.24) is 15.0 Å². The third-order valence-electron chi connectivity index (χ3n) is 3.66. The summed E-state index contributed by atoms with van der Waals surface area (Å²) >= 11 is 0. The van der Waals surface area contributed by atoms with Gasteiger partial charge in [0, 0.05) is 29.9 Å². The zero-order valence-corrected chi connectivity index (χ0v) is 9.82. The molecule has 2 aromatic heterocycles. The molecule has 0 unspecified atom stereocenters. The fraction of sp³-hybridized carbons (Fsp3) is 0.462. The first-order chi connectivity index (χ1) is 8.33. The minimum atomic E-state index is 0.394. The maximum Gasteiger partial charge on any atom is 0.109 e. The van der Waals surface area contributed by atoms with Gasteiger partial charge in [0.1, 0.15) is 5.82 Å². The Kier molecular flexibility index (Phi) is 2.73. The molecule has 0 aromatic carbocycles. The molecule has 90 valence electrons. The van der Waals surface area contributed by atoms with Gasteiger partial charge in [0.05, 0.1) is 11.9 Å². The summed E-state index contributed by atoms with van der Waals surface area (Å²) in [7, 11) is 0. The van der Waals surface area contributed by atoms with Gasteiger partial charge in [-0.05, 0) is 31.7 Å². The molecule has 0 bridgehead atoms. The molecule has 2 aromatic rings. The van der Waals surface area contributed by atoms with Crippen LogP contribution in [0.5, 0.6) is 0 Å². The lowest BCUT2D eigenvalue weighted by atomic mass is 9.86. The summed E-state index contributed by atoms with van der Waals surface area (Å²) in [6, 6.07) is 2.44. The number of H-pyrrole nitrogens is 2. The van der Waals surface area contributed by atoms with Crippen LogP contribution in [0.1, 0.15) is 37.4 Å². The van der Waals surface area contributed by atoms with Crippen LogP contribution >= 0.6 is 0 Å². The fourth-order valence-electron chi connectivity index (χ4n) is 2.57. The number of aromatic nitrogens is 3. The van der Waals surface area contributed by atoms with Crippen molar-refractivity contribution in [1.29, 1.82) is 0 Å². The van der Waals surface area contributed by atoms with E-state index in [9.17, 15) is 0 Å². The van der Waals surface area contributed by atoms with Crippen molar-refractivity contribution in [3.8, 4) is 11.3 Å². The summed E-state index contributed by atoms with van der Waals surface area (Å²) in [5, 5.41) is 0. The van der Waals surface area contributed by atoms with Crippen molar-refractivity contribution in [3.63, 3.8) is 0 Å². The molecular formula is C13H18N4. The zero-order chi connectivity index (χ0) is 11.7.